The molecule has 6 nitrogen and oxygen atoms in total. The second kappa shape index (κ2) is 5.46. The van der Waals surface area contributed by atoms with Gasteiger partial charge in [0.2, 0.25) is 5.95 Å². The van der Waals surface area contributed by atoms with Crippen LogP contribution < -0.4 is 10.2 Å². The van der Waals surface area contributed by atoms with E-state index in [0.717, 1.165) is 38.7 Å². The number of rotatable bonds is 2. The Balaban J connectivity index is 1.85. The molecule has 0 aliphatic carbocycles. The molecule has 0 radical (unpaired) electrons. The number of halogens is 1. The quantitative estimate of drug-likeness (QED) is 0.766. The number of nitrogens with zero attached hydrogens (tertiary/aromatic N) is 3. The van der Waals surface area contributed by atoms with Crippen LogP contribution in [0.4, 0.5) is 10.3 Å². The van der Waals surface area contributed by atoms with Gasteiger partial charge in [-0.2, -0.15) is 4.98 Å². The number of hydrogen-bond donors (Lipinski definition) is 3. The molecule has 0 amide bonds. The summed E-state index contributed by atoms with van der Waals surface area (Å²) in [5.41, 5.74) is 0.443. The molecule has 1 saturated heterocycles. The number of anilines is 1. The minimum Gasteiger partial charge on any atom is -0.507 e. The van der Waals surface area contributed by atoms with Crippen molar-refractivity contribution in [1.82, 2.24) is 20.5 Å². The lowest BCUT2D eigenvalue weighted by molar-refractivity contribution is 0.470. The van der Waals surface area contributed by atoms with Gasteiger partial charge in [0.25, 0.3) is 0 Å². The van der Waals surface area contributed by atoms with Crippen LogP contribution in [-0.2, 0) is 0 Å². The first-order chi connectivity index (χ1) is 9.74. The van der Waals surface area contributed by atoms with Crippen molar-refractivity contribution in [2.24, 2.45) is 0 Å². The average molecular weight is 277 g/mol. The number of benzene rings is 1. The lowest BCUT2D eigenvalue weighted by Gasteiger charge is -2.16. The van der Waals surface area contributed by atoms with E-state index in [1.807, 2.05) is 0 Å². The first kappa shape index (κ1) is 12.9. The zero-order valence-electron chi connectivity index (χ0n) is 10.9. The van der Waals surface area contributed by atoms with E-state index < -0.39 is 5.82 Å². The van der Waals surface area contributed by atoms with Gasteiger partial charge in [0.15, 0.2) is 5.82 Å². The van der Waals surface area contributed by atoms with Crippen molar-refractivity contribution < 1.29 is 9.50 Å². The molecule has 1 aromatic heterocycles. The summed E-state index contributed by atoms with van der Waals surface area (Å²) in [5, 5.41) is 20.0. The highest BCUT2D eigenvalue weighted by atomic mass is 19.1. The van der Waals surface area contributed by atoms with Gasteiger partial charge in [0.1, 0.15) is 11.6 Å². The van der Waals surface area contributed by atoms with Crippen LogP contribution in [0.5, 0.6) is 5.75 Å². The zero-order valence-corrected chi connectivity index (χ0v) is 10.9. The Hall–Kier alpha value is -2.15. The molecule has 3 rings (SSSR count). The maximum absolute atomic E-state index is 13.0. The van der Waals surface area contributed by atoms with E-state index in [-0.39, 0.29) is 5.75 Å². The highest BCUT2D eigenvalue weighted by Crippen LogP contribution is 2.27. The first-order valence-corrected chi connectivity index (χ1v) is 6.61. The van der Waals surface area contributed by atoms with Crippen molar-refractivity contribution in [1.29, 1.82) is 0 Å². The van der Waals surface area contributed by atoms with Gasteiger partial charge in [-0.1, -0.05) is 0 Å². The number of hydrogen-bond acceptors (Lipinski definition) is 5. The Morgan fingerprint density at radius 1 is 1.25 bits per heavy atom. The fraction of sp³-hybridized carbons (Fsp3) is 0.385. The van der Waals surface area contributed by atoms with E-state index in [0.29, 0.717) is 17.3 Å². The van der Waals surface area contributed by atoms with Crippen LogP contribution in [0.3, 0.4) is 0 Å². The molecule has 20 heavy (non-hydrogen) atoms. The third kappa shape index (κ3) is 2.57. The highest BCUT2D eigenvalue weighted by molar-refractivity contribution is 5.64. The molecule has 1 aliphatic rings. The van der Waals surface area contributed by atoms with Crippen molar-refractivity contribution in [3.8, 4) is 17.1 Å². The fourth-order valence-corrected chi connectivity index (χ4v) is 2.27. The van der Waals surface area contributed by atoms with Crippen molar-refractivity contribution in [2.75, 3.05) is 31.1 Å². The van der Waals surface area contributed by atoms with Gasteiger partial charge in [-0.05, 0) is 25.1 Å². The largest absolute Gasteiger partial charge is 0.507 e. The number of nitrogens with one attached hydrogen (secondary N) is 2. The van der Waals surface area contributed by atoms with E-state index in [2.05, 4.69) is 25.4 Å². The highest BCUT2D eigenvalue weighted by Gasteiger charge is 2.16. The number of aromatic nitrogens is 3. The number of phenolic OH excluding ortho intramolecular Hbond substituents is 1. The van der Waals surface area contributed by atoms with Crippen LogP contribution in [0.1, 0.15) is 6.42 Å². The molecule has 2 aromatic rings. The first-order valence-electron chi connectivity index (χ1n) is 6.61. The third-order valence-corrected chi connectivity index (χ3v) is 3.31. The van der Waals surface area contributed by atoms with E-state index in [4.69, 9.17) is 0 Å². The molecule has 0 bridgehead atoms. The zero-order chi connectivity index (χ0) is 13.9. The Kier molecular flexibility index (Phi) is 3.51. The maximum Gasteiger partial charge on any atom is 0.245 e. The standard InChI is InChI=1S/C13H16FN5O/c14-9-2-3-10(11(20)8-9)12-16-13(18-17-12)19-6-1-4-15-5-7-19/h2-3,8,15,20H,1,4-7H2,(H,16,17,18). The van der Waals surface area contributed by atoms with Crippen LogP contribution >= 0.6 is 0 Å². The molecule has 2 heterocycles. The van der Waals surface area contributed by atoms with Crippen LogP contribution in [0, 0.1) is 5.82 Å². The van der Waals surface area contributed by atoms with Crippen LogP contribution in [-0.4, -0.2) is 46.5 Å². The van der Waals surface area contributed by atoms with Gasteiger partial charge in [0, 0.05) is 25.7 Å². The fourth-order valence-electron chi connectivity index (χ4n) is 2.27. The maximum atomic E-state index is 13.0. The van der Waals surface area contributed by atoms with Gasteiger partial charge >= 0.3 is 0 Å². The molecule has 0 unspecified atom stereocenters. The number of aromatic amines is 1. The minimum atomic E-state index is -0.482. The van der Waals surface area contributed by atoms with Crippen LogP contribution in [0.15, 0.2) is 18.2 Å². The van der Waals surface area contributed by atoms with Gasteiger partial charge < -0.3 is 15.3 Å². The predicted octanol–water partition coefficient (Wildman–Crippen LogP) is 1.12. The summed E-state index contributed by atoms with van der Waals surface area (Å²) in [7, 11) is 0. The molecule has 106 valence electrons. The summed E-state index contributed by atoms with van der Waals surface area (Å²) in [4.78, 5) is 6.47. The van der Waals surface area contributed by atoms with Gasteiger partial charge in [-0.3, -0.25) is 5.10 Å². The molecule has 1 fully saturated rings. The lowest BCUT2D eigenvalue weighted by atomic mass is 10.2. The average Bonchev–Trinajstić information content (AvgIpc) is 2.74. The molecule has 0 saturated carbocycles. The molecular weight excluding hydrogens is 261 g/mol. The number of aromatic hydroxyl groups is 1. The van der Waals surface area contributed by atoms with E-state index in [1.54, 1.807) is 0 Å². The second-order valence-electron chi connectivity index (χ2n) is 4.74. The Morgan fingerprint density at radius 2 is 2.15 bits per heavy atom. The molecule has 1 aromatic carbocycles. The lowest BCUT2D eigenvalue weighted by Crippen LogP contribution is -2.28. The van der Waals surface area contributed by atoms with E-state index in [9.17, 15) is 9.50 Å². The molecule has 0 atom stereocenters. The molecule has 1 aliphatic heterocycles. The van der Waals surface area contributed by atoms with Crippen molar-refractivity contribution >= 4 is 5.95 Å². The van der Waals surface area contributed by atoms with Gasteiger partial charge in [-0.25, -0.2) is 4.39 Å². The third-order valence-electron chi connectivity index (χ3n) is 3.31. The van der Waals surface area contributed by atoms with Gasteiger partial charge in [0.05, 0.1) is 5.56 Å². The summed E-state index contributed by atoms with van der Waals surface area (Å²) in [5.74, 6) is 0.414. The van der Waals surface area contributed by atoms with E-state index in [1.165, 1.54) is 12.1 Å². The summed E-state index contributed by atoms with van der Waals surface area (Å²) < 4.78 is 13.0. The molecule has 7 heteroatoms. The normalized spacial score (nSPS) is 16.1. The smallest absolute Gasteiger partial charge is 0.245 e. The monoisotopic (exact) mass is 277 g/mol. The van der Waals surface area contributed by atoms with E-state index >= 15 is 0 Å². The van der Waals surface area contributed by atoms with Crippen molar-refractivity contribution in [3.63, 3.8) is 0 Å². The van der Waals surface area contributed by atoms with Crippen molar-refractivity contribution in [3.05, 3.63) is 24.0 Å². The molecule has 0 spiro atoms. The Labute approximate surface area is 115 Å². The Morgan fingerprint density at radius 3 is 3.00 bits per heavy atom. The van der Waals surface area contributed by atoms with Crippen molar-refractivity contribution in [2.45, 2.75) is 6.42 Å². The summed E-state index contributed by atoms with van der Waals surface area (Å²) in [6, 6.07) is 3.83. The molecular formula is C13H16FN5O. The summed E-state index contributed by atoms with van der Waals surface area (Å²) in [6.07, 6.45) is 1.03. The van der Waals surface area contributed by atoms with Crippen LogP contribution in [0.25, 0.3) is 11.4 Å². The second-order valence-corrected chi connectivity index (χ2v) is 4.74. The SMILES string of the molecule is Oc1cc(F)ccc1-c1nc(N2CCCNCC2)n[nH]1. The topological polar surface area (TPSA) is 77.1 Å². The Bertz CT molecular complexity index is 592. The summed E-state index contributed by atoms with van der Waals surface area (Å²) >= 11 is 0. The minimum absolute atomic E-state index is 0.148. The predicted molar refractivity (Wildman–Crippen MR) is 73.1 cm³/mol. The van der Waals surface area contributed by atoms with Gasteiger partial charge in [-0.15, -0.1) is 5.10 Å². The number of H-pyrrole nitrogens is 1. The van der Waals surface area contributed by atoms with Crippen LogP contribution in [0.2, 0.25) is 0 Å². The number of phenols is 1. The summed E-state index contributed by atoms with van der Waals surface area (Å²) in [6.45, 7) is 3.62. The molecule has 3 N–H and O–H groups in total.